The minimum absolute atomic E-state index is 0.191. The summed E-state index contributed by atoms with van der Waals surface area (Å²) >= 11 is 0. The summed E-state index contributed by atoms with van der Waals surface area (Å²) in [6, 6.07) is 7.87. The van der Waals surface area contributed by atoms with Gasteiger partial charge >= 0.3 is 6.09 Å². The topological polar surface area (TPSA) is 29.5 Å². The molecule has 3 nitrogen and oxygen atoms in total. The van der Waals surface area contributed by atoms with Crippen molar-refractivity contribution in [3.8, 4) is 5.75 Å². The Balaban J connectivity index is 1.99. The standard InChI is InChI=1S/C16H23NO2/c1-2-3-9-14-10-5-6-11-15(14)19-16(18)17-12-7-4-8-13-17/h5-6,10-11H,2-4,7-9,12-13H2,1H3. The van der Waals surface area contributed by atoms with Crippen molar-refractivity contribution in [1.29, 1.82) is 0 Å². The number of unbranched alkanes of at least 4 members (excludes halogenated alkanes) is 1. The van der Waals surface area contributed by atoms with E-state index in [1.54, 1.807) is 0 Å². The van der Waals surface area contributed by atoms with E-state index >= 15 is 0 Å². The van der Waals surface area contributed by atoms with E-state index in [2.05, 4.69) is 13.0 Å². The Kier molecular flexibility index (Phi) is 5.25. The molecule has 0 saturated carbocycles. The highest BCUT2D eigenvalue weighted by molar-refractivity contribution is 5.71. The number of hydrogen-bond acceptors (Lipinski definition) is 2. The third-order valence-electron chi connectivity index (χ3n) is 3.58. The summed E-state index contributed by atoms with van der Waals surface area (Å²) in [6.07, 6.45) is 6.45. The Hall–Kier alpha value is -1.51. The van der Waals surface area contributed by atoms with Crippen LogP contribution in [0.2, 0.25) is 0 Å². The zero-order valence-corrected chi connectivity index (χ0v) is 11.7. The molecule has 0 spiro atoms. The van der Waals surface area contributed by atoms with Gasteiger partial charge < -0.3 is 9.64 Å². The summed E-state index contributed by atoms with van der Waals surface area (Å²) in [5, 5.41) is 0. The largest absolute Gasteiger partial charge is 0.415 e. The van der Waals surface area contributed by atoms with Crippen molar-refractivity contribution in [2.45, 2.75) is 45.4 Å². The first-order valence-electron chi connectivity index (χ1n) is 7.36. The maximum atomic E-state index is 12.1. The second-order valence-corrected chi connectivity index (χ2v) is 5.13. The molecule has 1 aliphatic rings. The van der Waals surface area contributed by atoms with Crippen molar-refractivity contribution in [2.24, 2.45) is 0 Å². The lowest BCUT2D eigenvalue weighted by Crippen LogP contribution is -2.37. The summed E-state index contributed by atoms with van der Waals surface area (Å²) in [5.41, 5.74) is 1.13. The van der Waals surface area contributed by atoms with Gasteiger partial charge in [0.05, 0.1) is 0 Å². The van der Waals surface area contributed by atoms with Gasteiger partial charge in [-0.1, -0.05) is 31.5 Å². The Morgan fingerprint density at radius 2 is 1.95 bits per heavy atom. The van der Waals surface area contributed by atoms with Crippen LogP contribution < -0.4 is 4.74 Å². The van der Waals surface area contributed by atoms with Crippen LogP contribution >= 0.6 is 0 Å². The monoisotopic (exact) mass is 261 g/mol. The predicted molar refractivity (Wildman–Crippen MR) is 76.5 cm³/mol. The average molecular weight is 261 g/mol. The van der Waals surface area contributed by atoms with Crippen molar-refractivity contribution >= 4 is 6.09 Å². The lowest BCUT2D eigenvalue weighted by Gasteiger charge is -2.26. The molecule has 0 unspecified atom stereocenters. The summed E-state index contributed by atoms with van der Waals surface area (Å²) in [4.78, 5) is 13.9. The highest BCUT2D eigenvalue weighted by Crippen LogP contribution is 2.21. The van der Waals surface area contributed by atoms with E-state index in [0.717, 1.165) is 56.5 Å². The van der Waals surface area contributed by atoms with Crippen molar-refractivity contribution in [1.82, 2.24) is 4.90 Å². The number of hydrogen-bond donors (Lipinski definition) is 0. The van der Waals surface area contributed by atoms with Crippen molar-refractivity contribution in [2.75, 3.05) is 13.1 Å². The van der Waals surface area contributed by atoms with Crippen LogP contribution in [0, 0.1) is 0 Å². The van der Waals surface area contributed by atoms with Gasteiger partial charge in [-0.2, -0.15) is 0 Å². The highest BCUT2D eigenvalue weighted by Gasteiger charge is 2.19. The Labute approximate surface area is 115 Å². The van der Waals surface area contributed by atoms with Crippen LogP contribution in [0.5, 0.6) is 5.75 Å². The van der Waals surface area contributed by atoms with Gasteiger partial charge in [-0.25, -0.2) is 4.79 Å². The fraction of sp³-hybridized carbons (Fsp3) is 0.562. The van der Waals surface area contributed by atoms with E-state index in [9.17, 15) is 4.79 Å². The molecule has 1 heterocycles. The molecule has 1 aromatic rings. The van der Waals surface area contributed by atoms with Crippen LogP contribution in [0.4, 0.5) is 4.79 Å². The molecule has 1 aliphatic heterocycles. The molecule has 1 saturated heterocycles. The maximum Gasteiger partial charge on any atom is 0.415 e. The molecular formula is C16H23NO2. The molecule has 2 rings (SSSR count). The molecule has 1 amide bonds. The first-order valence-corrected chi connectivity index (χ1v) is 7.36. The second kappa shape index (κ2) is 7.17. The number of carbonyl (C=O) groups excluding carboxylic acids is 1. The number of rotatable bonds is 4. The fourth-order valence-corrected chi connectivity index (χ4v) is 2.41. The minimum Gasteiger partial charge on any atom is -0.410 e. The second-order valence-electron chi connectivity index (χ2n) is 5.13. The van der Waals surface area contributed by atoms with Crippen molar-refractivity contribution < 1.29 is 9.53 Å². The summed E-state index contributed by atoms with van der Waals surface area (Å²) in [7, 11) is 0. The zero-order chi connectivity index (χ0) is 13.5. The third kappa shape index (κ3) is 3.98. The Morgan fingerprint density at radius 3 is 2.68 bits per heavy atom. The maximum absolute atomic E-state index is 12.1. The molecule has 0 aliphatic carbocycles. The molecule has 0 bridgehead atoms. The van der Waals surface area contributed by atoms with Crippen LogP contribution in [-0.4, -0.2) is 24.1 Å². The molecular weight excluding hydrogens is 238 g/mol. The van der Waals surface area contributed by atoms with E-state index in [-0.39, 0.29) is 6.09 Å². The summed E-state index contributed by atoms with van der Waals surface area (Å²) in [5.74, 6) is 0.728. The van der Waals surface area contributed by atoms with Crippen LogP contribution in [-0.2, 0) is 6.42 Å². The van der Waals surface area contributed by atoms with Gasteiger partial charge in [-0.15, -0.1) is 0 Å². The molecule has 1 fully saturated rings. The predicted octanol–water partition coefficient (Wildman–Crippen LogP) is 4.01. The van der Waals surface area contributed by atoms with E-state index in [1.165, 1.54) is 6.42 Å². The number of carbonyl (C=O) groups is 1. The SMILES string of the molecule is CCCCc1ccccc1OC(=O)N1CCCCC1. The van der Waals surface area contributed by atoms with Gasteiger partial charge in [-0.05, 0) is 43.7 Å². The molecule has 0 atom stereocenters. The van der Waals surface area contributed by atoms with Gasteiger partial charge in [0, 0.05) is 13.1 Å². The summed E-state index contributed by atoms with van der Waals surface area (Å²) < 4.78 is 5.57. The number of para-hydroxylation sites is 1. The van der Waals surface area contributed by atoms with Crippen molar-refractivity contribution in [3.63, 3.8) is 0 Å². The van der Waals surface area contributed by atoms with Crippen LogP contribution in [0.15, 0.2) is 24.3 Å². The number of likely N-dealkylation sites (tertiary alicyclic amines) is 1. The number of nitrogens with zero attached hydrogens (tertiary/aromatic N) is 1. The zero-order valence-electron chi connectivity index (χ0n) is 11.7. The van der Waals surface area contributed by atoms with Gasteiger partial charge in [0.15, 0.2) is 0 Å². The number of amides is 1. The molecule has 19 heavy (non-hydrogen) atoms. The van der Waals surface area contributed by atoms with E-state index < -0.39 is 0 Å². The average Bonchev–Trinajstić information content (AvgIpc) is 2.47. The number of ether oxygens (including phenoxy) is 1. The Morgan fingerprint density at radius 1 is 1.21 bits per heavy atom. The van der Waals surface area contributed by atoms with Crippen LogP contribution in [0.1, 0.15) is 44.6 Å². The first kappa shape index (κ1) is 13.9. The van der Waals surface area contributed by atoms with Gasteiger partial charge in [-0.3, -0.25) is 0 Å². The van der Waals surface area contributed by atoms with Crippen molar-refractivity contribution in [3.05, 3.63) is 29.8 Å². The molecule has 3 heteroatoms. The normalized spacial score (nSPS) is 15.3. The molecule has 0 N–H and O–H groups in total. The number of benzene rings is 1. The number of piperidine rings is 1. The van der Waals surface area contributed by atoms with Crippen LogP contribution in [0.25, 0.3) is 0 Å². The Bertz CT molecular complexity index is 411. The highest BCUT2D eigenvalue weighted by atomic mass is 16.6. The lowest BCUT2D eigenvalue weighted by atomic mass is 10.1. The minimum atomic E-state index is -0.191. The number of aryl methyl sites for hydroxylation is 1. The van der Waals surface area contributed by atoms with Gasteiger partial charge in [0.2, 0.25) is 0 Å². The molecule has 0 aromatic heterocycles. The molecule has 1 aromatic carbocycles. The summed E-state index contributed by atoms with van der Waals surface area (Å²) in [6.45, 7) is 3.83. The van der Waals surface area contributed by atoms with Gasteiger partial charge in [0.1, 0.15) is 5.75 Å². The van der Waals surface area contributed by atoms with E-state index in [4.69, 9.17) is 4.74 Å². The first-order chi connectivity index (χ1) is 9.31. The quantitative estimate of drug-likeness (QED) is 0.819. The molecule has 0 radical (unpaired) electrons. The lowest BCUT2D eigenvalue weighted by molar-refractivity contribution is 0.142. The third-order valence-corrected chi connectivity index (χ3v) is 3.58. The van der Waals surface area contributed by atoms with Crippen LogP contribution in [0.3, 0.4) is 0 Å². The van der Waals surface area contributed by atoms with Gasteiger partial charge in [0.25, 0.3) is 0 Å². The smallest absolute Gasteiger partial charge is 0.410 e. The van der Waals surface area contributed by atoms with E-state index in [0.29, 0.717) is 0 Å². The fourth-order valence-electron chi connectivity index (χ4n) is 2.41. The molecule has 104 valence electrons. The van der Waals surface area contributed by atoms with E-state index in [1.807, 2.05) is 23.1 Å².